The highest BCUT2D eigenvalue weighted by Gasteiger charge is 2.32. The highest BCUT2D eigenvalue weighted by atomic mass is 35.5. The summed E-state index contributed by atoms with van der Waals surface area (Å²) in [5, 5.41) is 30.9. The summed E-state index contributed by atoms with van der Waals surface area (Å²) < 4.78 is 28.8. The first-order valence-corrected chi connectivity index (χ1v) is 13.0. The van der Waals surface area contributed by atoms with Crippen LogP contribution in [0.4, 0.5) is 22.7 Å². The van der Waals surface area contributed by atoms with Crippen LogP contribution >= 0.6 is 34.8 Å². The number of nitrogens with one attached hydrogen (secondary N) is 1. The number of nitrogens with zero attached hydrogens (tertiary/aromatic N) is 5. The Hall–Kier alpha value is -4.13. The number of nitriles is 2. The molecule has 1 N–H and O–H groups in total. The number of hydrogen-bond donors (Lipinski definition) is 1. The van der Waals surface area contributed by atoms with Crippen LogP contribution in [0.15, 0.2) is 70.1 Å². The normalized spacial score (nSPS) is 12.6. The van der Waals surface area contributed by atoms with Crippen LogP contribution in [0.1, 0.15) is 12.5 Å². The van der Waals surface area contributed by atoms with Crippen molar-refractivity contribution in [1.82, 2.24) is 0 Å². The molecule has 0 radical (unpaired) electrons. The Bertz CT molecular complexity index is 1720. The summed E-state index contributed by atoms with van der Waals surface area (Å²) in [6.07, 6.45) is 0. The Balaban J connectivity index is 1.92. The second-order valence-electron chi connectivity index (χ2n) is 7.75. The van der Waals surface area contributed by atoms with Crippen LogP contribution in [0.2, 0.25) is 15.1 Å². The molecule has 0 spiro atoms. The number of aliphatic imine (C=N–C) groups is 1. The first-order valence-electron chi connectivity index (χ1n) is 10.4. The molecule has 1 heterocycles. The summed E-state index contributed by atoms with van der Waals surface area (Å²) in [4.78, 5) is 16.2. The number of anilines is 2. The quantitative estimate of drug-likeness (QED) is 0.198. The third-order valence-corrected chi connectivity index (χ3v) is 7.56. The van der Waals surface area contributed by atoms with Gasteiger partial charge in [-0.05, 0) is 49.4 Å². The zero-order valence-corrected chi connectivity index (χ0v) is 22.2. The number of nitro benzene ring substituents is 1. The topological polar surface area (TPSA) is 152 Å². The van der Waals surface area contributed by atoms with Crippen LogP contribution in [0.5, 0.6) is 0 Å². The third kappa shape index (κ3) is 5.01. The number of nitro groups is 1. The predicted octanol–water partition coefficient (Wildman–Crippen LogP) is 6.68. The Kier molecular flexibility index (Phi) is 7.31. The minimum atomic E-state index is -4.12. The monoisotopic (exact) mass is 586 g/mol. The van der Waals surface area contributed by atoms with Gasteiger partial charge in [0.05, 0.1) is 36.9 Å². The van der Waals surface area contributed by atoms with E-state index < -0.39 is 20.5 Å². The van der Waals surface area contributed by atoms with Gasteiger partial charge in [0.15, 0.2) is 5.57 Å². The number of benzene rings is 3. The lowest BCUT2D eigenvalue weighted by Crippen LogP contribution is -2.31. The zero-order valence-electron chi connectivity index (χ0n) is 19.1. The standard InChI is InChI=1S/C24H13Cl3N6O4S/c1-13-30-22-7-6-18(38(36,37)31-16-4-2-15(25)3-5-16)10-19(22)23(14(11-28)12-29)32(13)24-20(26)8-17(33(34)35)9-21(24)27/h2-10,31H,1H3. The number of non-ortho nitro benzene ring substituents is 1. The number of allylic oxidation sites excluding steroid dienone is 1. The molecule has 0 amide bonds. The molecule has 0 saturated heterocycles. The van der Waals surface area contributed by atoms with E-state index in [1.165, 1.54) is 47.4 Å². The van der Waals surface area contributed by atoms with Gasteiger partial charge in [-0.15, -0.1) is 0 Å². The number of hydrogen-bond acceptors (Lipinski definition) is 8. The van der Waals surface area contributed by atoms with E-state index in [1.54, 1.807) is 19.1 Å². The van der Waals surface area contributed by atoms with Crippen molar-refractivity contribution in [2.75, 3.05) is 9.62 Å². The van der Waals surface area contributed by atoms with Crippen LogP contribution in [0, 0.1) is 32.8 Å². The molecule has 0 atom stereocenters. The van der Waals surface area contributed by atoms with Gasteiger partial charge in [-0.3, -0.25) is 19.7 Å². The van der Waals surface area contributed by atoms with E-state index in [1.807, 2.05) is 0 Å². The van der Waals surface area contributed by atoms with E-state index in [4.69, 9.17) is 34.8 Å². The van der Waals surface area contributed by atoms with Crippen LogP contribution in [0.25, 0.3) is 5.70 Å². The summed E-state index contributed by atoms with van der Waals surface area (Å²) >= 11 is 18.6. The van der Waals surface area contributed by atoms with Crippen molar-refractivity contribution in [2.24, 2.45) is 4.99 Å². The van der Waals surface area contributed by atoms with Gasteiger partial charge in [0.25, 0.3) is 15.7 Å². The van der Waals surface area contributed by atoms with E-state index in [9.17, 15) is 29.1 Å². The van der Waals surface area contributed by atoms with Gasteiger partial charge in [-0.1, -0.05) is 34.8 Å². The van der Waals surface area contributed by atoms with Crippen molar-refractivity contribution in [2.45, 2.75) is 11.8 Å². The maximum Gasteiger partial charge on any atom is 0.272 e. The fraction of sp³-hybridized carbons (Fsp3) is 0.0417. The third-order valence-electron chi connectivity index (χ3n) is 5.36. The van der Waals surface area contributed by atoms with E-state index in [-0.39, 0.29) is 54.8 Å². The molecule has 1 aliphatic rings. The molecule has 0 aromatic heterocycles. The van der Waals surface area contributed by atoms with Crippen molar-refractivity contribution >= 4 is 79.1 Å². The van der Waals surface area contributed by atoms with E-state index >= 15 is 0 Å². The molecule has 0 bridgehead atoms. The predicted molar refractivity (Wildman–Crippen MR) is 145 cm³/mol. The average Bonchev–Trinajstić information content (AvgIpc) is 2.86. The second kappa shape index (κ2) is 10.3. The number of amidine groups is 1. The average molecular weight is 588 g/mol. The van der Waals surface area contributed by atoms with Crippen LogP contribution < -0.4 is 9.62 Å². The van der Waals surface area contributed by atoms with Gasteiger partial charge in [-0.25, -0.2) is 13.4 Å². The van der Waals surface area contributed by atoms with Crippen molar-refractivity contribution in [3.63, 3.8) is 0 Å². The number of rotatable bonds is 5. The molecule has 0 aliphatic carbocycles. The minimum absolute atomic E-state index is 0.0244. The fourth-order valence-electron chi connectivity index (χ4n) is 3.73. The van der Waals surface area contributed by atoms with Crippen LogP contribution in [0.3, 0.4) is 0 Å². The van der Waals surface area contributed by atoms with Gasteiger partial charge < -0.3 is 0 Å². The SMILES string of the molecule is CC1=Nc2ccc(S(=O)(=O)Nc3ccc(Cl)cc3)cc2C(=C(C#N)C#N)N1c1c(Cl)cc([N+](=O)[O-])cc1Cl. The van der Waals surface area contributed by atoms with Gasteiger partial charge in [0, 0.05) is 28.4 Å². The van der Waals surface area contributed by atoms with Gasteiger partial charge in [0.2, 0.25) is 0 Å². The molecule has 3 aromatic rings. The van der Waals surface area contributed by atoms with Gasteiger partial charge in [-0.2, -0.15) is 10.5 Å². The molecule has 0 fully saturated rings. The zero-order chi connectivity index (χ0) is 27.8. The molecular formula is C24H13Cl3N6O4S. The molecule has 4 rings (SSSR count). The molecule has 14 heteroatoms. The summed E-state index contributed by atoms with van der Waals surface area (Å²) in [5.41, 5.74) is -0.128. The van der Waals surface area contributed by atoms with E-state index in [2.05, 4.69) is 9.71 Å². The number of halogens is 3. The van der Waals surface area contributed by atoms with Crippen LogP contribution in [-0.4, -0.2) is 19.2 Å². The Morgan fingerprint density at radius 2 is 1.63 bits per heavy atom. The summed E-state index contributed by atoms with van der Waals surface area (Å²) in [6, 6.07) is 15.8. The Morgan fingerprint density at radius 1 is 1.03 bits per heavy atom. The van der Waals surface area contributed by atoms with Crippen LogP contribution in [-0.2, 0) is 10.0 Å². The largest absolute Gasteiger partial charge is 0.293 e. The van der Waals surface area contributed by atoms with Gasteiger partial charge >= 0.3 is 0 Å². The summed E-state index contributed by atoms with van der Waals surface area (Å²) in [7, 11) is -4.12. The molecule has 0 saturated carbocycles. The van der Waals surface area contributed by atoms with Gasteiger partial charge in [0.1, 0.15) is 18.0 Å². The summed E-state index contributed by atoms with van der Waals surface area (Å²) in [6.45, 7) is 1.55. The molecule has 190 valence electrons. The molecule has 0 unspecified atom stereocenters. The Labute approximate surface area is 231 Å². The maximum atomic E-state index is 13.2. The fourth-order valence-corrected chi connectivity index (χ4v) is 5.59. The first-order chi connectivity index (χ1) is 18.0. The number of sulfonamides is 1. The Morgan fingerprint density at radius 3 is 2.18 bits per heavy atom. The van der Waals surface area contributed by atoms with Crippen molar-refractivity contribution in [1.29, 1.82) is 10.5 Å². The van der Waals surface area contributed by atoms with E-state index in [0.717, 1.165) is 12.1 Å². The first kappa shape index (κ1) is 26.9. The molecular weight excluding hydrogens is 575 g/mol. The molecule has 1 aliphatic heterocycles. The van der Waals surface area contributed by atoms with E-state index in [0.29, 0.717) is 5.02 Å². The smallest absolute Gasteiger partial charge is 0.272 e. The lowest BCUT2D eigenvalue weighted by atomic mass is 10.0. The highest BCUT2D eigenvalue weighted by molar-refractivity contribution is 7.92. The molecule has 38 heavy (non-hydrogen) atoms. The van der Waals surface area contributed by atoms with Crippen molar-refractivity contribution in [3.8, 4) is 12.1 Å². The lowest BCUT2D eigenvalue weighted by molar-refractivity contribution is -0.384. The lowest BCUT2D eigenvalue weighted by Gasteiger charge is -2.33. The minimum Gasteiger partial charge on any atom is -0.293 e. The molecule has 3 aromatic carbocycles. The maximum absolute atomic E-state index is 13.2. The van der Waals surface area contributed by atoms with Crippen molar-refractivity contribution < 1.29 is 13.3 Å². The number of fused-ring (bicyclic) bond motifs is 1. The second-order valence-corrected chi connectivity index (χ2v) is 10.7. The highest BCUT2D eigenvalue weighted by Crippen LogP contribution is 2.46. The summed E-state index contributed by atoms with van der Waals surface area (Å²) in [5.74, 6) is 0.225. The van der Waals surface area contributed by atoms with Crippen molar-refractivity contribution in [3.05, 3.63) is 90.9 Å². The molecule has 10 nitrogen and oxygen atoms in total.